The van der Waals surface area contributed by atoms with Crippen LogP contribution < -0.4 is 10.0 Å². The molecule has 7 heteroatoms. The maximum atomic E-state index is 13.2. The first-order valence-electron chi connectivity index (χ1n) is 12.6. The lowest BCUT2D eigenvalue weighted by Crippen LogP contribution is -2.48. The van der Waals surface area contributed by atoms with E-state index in [-0.39, 0.29) is 15.9 Å². The van der Waals surface area contributed by atoms with Crippen LogP contribution in [0.1, 0.15) is 54.4 Å². The second-order valence-electron chi connectivity index (χ2n) is 10.9. The van der Waals surface area contributed by atoms with Gasteiger partial charge in [0.15, 0.2) is 0 Å². The van der Waals surface area contributed by atoms with Crippen LogP contribution >= 0.6 is 0 Å². The summed E-state index contributed by atoms with van der Waals surface area (Å²) in [5.41, 5.74) is 3.17. The predicted octanol–water partition coefficient (Wildman–Crippen LogP) is 6.40. The van der Waals surface area contributed by atoms with E-state index in [1.807, 2.05) is 12.1 Å². The topological polar surface area (TPSA) is 95.5 Å². The molecule has 4 fully saturated rings. The molecule has 4 aliphatic rings. The van der Waals surface area contributed by atoms with E-state index in [1.54, 1.807) is 30.3 Å². The Morgan fingerprint density at radius 2 is 1.44 bits per heavy atom. The average Bonchev–Trinajstić information content (AvgIpc) is 2.84. The fraction of sp³-hybridized carbons (Fsp3) is 0.345. The van der Waals surface area contributed by atoms with Crippen molar-refractivity contribution in [1.29, 1.82) is 0 Å². The molecule has 0 heterocycles. The van der Waals surface area contributed by atoms with E-state index in [2.05, 4.69) is 22.2 Å². The Bertz CT molecular complexity index is 1380. The number of benzene rings is 3. The van der Waals surface area contributed by atoms with E-state index in [4.69, 9.17) is 0 Å². The van der Waals surface area contributed by atoms with Crippen LogP contribution in [0.5, 0.6) is 0 Å². The predicted molar refractivity (Wildman–Crippen MR) is 140 cm³/mol. The summed E-state index contributed by atoms with van der Waals surface area (Å²) in [5, 5.41) is 12.4. The number of anilines is 3. The molecular weight excluding hydrogens is 472 g/mol. The lowest BCUT2D eigenvalue weighted by atomic mass is 9.48. The summed E-state index contributed by atoms with van der Waals surface area (Å²) in [4.78, 5) is 11.6. The van der Waals surface area contributed by atoms with E-state index in [0.29, 0.717) is 17.1 Å². The molecular formula is C29H30N2O4S. The summed E-state index contributed by atoms with van der Waals surface area (Å²) in [6.45, 7) is 0. The summed E-state index contributed by atoms with van der Waals surface area (Å²) in [7, 11) is -3.82. The molecule has 0 atom stereocenters. The van der Waals surface area contributed by atoms with Crippen molar-refractivity contribution in [2.24, 2.45) is 17.8 Å². The number of nitrogens with one attached hydrogen (secondary N) is 2. The number of rotatable bonds is 7. The van der Waals surface area contributed by atoms with Crippen molar-refractivity contribution in [2.45, 2.75) is 48.8 Å². The molecule has 0 spiro atoms. The van der Waals surface area contributed by atoms with Crippen LogP contribution in [0.25, 0.3) is 0 Å². The first-order valence-corrected chi connectivity index (χ1v) is 14.1. The van der Waals surface area contributed by atoms with Crippen molar-refractivity contribution in [3.63, 3.8) is 0 Å². The van der Waals surface area contributed by atoms with Crippen LogP contribution in [0.15, 0.2) is 77.7 Å². The molecule has 0 aliphatic heterocycles. The summed E-state index contributed by atoms with van der Waals surface area (Å²) in [6.07, 6.45) is 8.01. The highest BCUT2D eigenvalue weighted by Gasteiger charge is 2.51. The minimum Gasteiger partial charge on any atom is -0.478 e. The number of carbonyl (C=O) groups is 1. The van der Waals surface area contributed by atoms with E-state index in [0.717, 1.165) is 17.8 Å². The molecule has 4 aliphatic carbocycles. The van der Waals surface area contributed by atoms with Gasteiger partial charge in [-0.25, -0.2) is 13.2 Å². The van der Waals surface area contributed by atoms with Crippen LogP contribution in [-0.2, 0) is 15.4 Å². The van der Waals surface area contributed by atoms with Gasteiger partial charge in [0.1, 0.15) is 0 Å². The molecule has 186 valence electrons. The van der Waals surface area contributed by atoms with Gasteiger partial charge in [0.05, 0.1) is 16.1 Å². The first kappa shape index (κ1) is 23.1. The second kappa shape index (κ2) is 8.66. The Morgan fingerprint density at radius 1 is 0.806 bits per heavy atom. The molecule has 0 aromatic heterocycles. The van der Waals surface area contributed by atoms with Crippen molar-refractivity contribution in [3.8, 4) is 0 Å². The zero-order valence-electron chi connectivity index (χ0n) is 20.0. The lowest BCUT2D eigenvalue weighted by Gasteiger charge is -2.57. The Hall–Kier alpha value is -3.32. The van der Waals surface area contributed by atoms with Gasteiger partial charge in [0.25, 0.3) is 10.0 Å². The molecule has 3 aromatic carbocycles. The monoisotopic (exact) mass is 502 g/mol. The minimum absolute atomic E-state index is 0.102. The highest BCUT2D eigenvalue weighted by molar-refractivity contribution is 7.92. The summed E-state index contributed by atoms with van der Waals surface area (Å²) < 4.78 is 29.0. The van der Waals surface area contributed by atoms with Gasteiger partial charge in [0.2, 0.25) is 0 Å². The largest absolute Gasteiger partial charge is 0.478 e. The van der Waals surface area contributed by atoms with E-state index >= 15 is 0 Å². The third-order valence-electron chi connectivity index (χ3n) is 8.37. The third-order valence-corrected chi connectivity index (χ3v) is 9.75. The Labute approximate surface area is 211 Å². The van der Waals surface area contributed by atoms with Crippen LogP contribution in [0.4, 0.5) is 17.1 Å². The zero-order chi connectivity index (χ0) is 24.9. The number of carboxylic acids is 1. The van der Waals surface area contributed by atoms with Crippen molar-refractivity contribution in [2.75, 3.05) is 10.0 Å². The smallest absolute Gasteiger partial charge is 0.337 e. The molecule has 0 unspecified atom stereocenters. The van der Waals surface area contributed by atoms with Gasteiger partial charge >= 0.3 is 5.97 Å². The van der Waals surface area contributed by atoms with Gasteiger partial charge in [-0.2, -0.15) is 0 Å². The SMILES string of the molecule is O=C(O)c1ccccc1Nc1cccc(S(=O)(=O)Nc2ccc(C34CC5CC(CC(C5)C3)C4)cc2)c1. The number of aromatic carboxylic acids is 1. The van der Waals surface area contributed by atoms with Gasteiger partial charge in [-0.15, -0.1) is 0 Å². The molecule has 0 amide bonds. The average molecular weight is 503 g/mol. The zero-order valence-corrected chi connectivity index (χ0v) is 20.8. The highest BCUT2D eigenvalue weighted by Crippen LogP contribution is 2.60. The molecule has 4 bridgehead atoms. The van der Waals surface area contributed by atoms with Crippen LogP contribution in [0, 0.1) is 17.8 Å². The van der Waals surface area contributed by atoms with E-state index in [1.165, 1.54) is 62.3 Å². The number of hydrogen-bond donors (Lipinski definition) is 3. The lowest BCUT2D eigenvalue weighted by molar-refractivity contribution is -0.00518. The van der Waals surface area contributed by atoms with Crippen LogP contribution in [-0.4, -0.2) is 19.5 Å². The number of hydrogen-bond acceptors (Lipinski definition) is 4. The number of sulfonamides is 1. The molecule has 4 saturated carbocycles. The fourth-order valence-electron chi connectivity index (χ4n) is 7.25. The summed E-state index contributed by atoms with van der Waals surface area (Å²) in [6, 6.07) is 20.9. The minimum atomic E-state index is -3.82. The van der Waals surface area contributed by atoms with Gasteiger partial charge in [0, 0.05) is 11.4 Å². The maximum absolute atomic E-state index is 13.2. The fourth-order valence-corrected chi connectivity index (χ4v) is 8.35. The molecule has 36 heavy (non-hydrogen) atoms. The Morgan fingerprint density at radius 3 is 2.08 bits per heavy atom. The van der Waals surface area contributed by atoms with Crippen LogP contribution in [0.2, 0.25) is 0 Å². The van der Waals surface area contributed by atoms with E-state index in [9.17, 15) is 18.3 Å². The quantitative estimate of drug-likeness (QED) is 0.348. The molecule has 3 N–H and O–H groups in total. The standard InChI is InChI=1S/C29H30N2O4S/c32-28(33)26-6-1-2-7-27(26)30-24-4-3-5-25(15-24)36(34,35)31-23-10-8-22(9-11-23)29-16-19-12-20(17-29)14-21(13-19)18-29/h1-11,15,19-21,30-31H,12-14,16-18H2,(H,32,33). The molecule has 6 nitrogen and oxygen atoms in total. The van der Waals surface area contributed by atoms with Gasteiger partial charge in [-0.3, -0.25) is 4.72 Å². The summed E-state index contributed by atoms with van der Waals surface area (Å²) in [5.74, 6) is 1.52. The van der Waals surface area contributed by atoms with Crippen molar-refractivity contribution in [1.82, 2.24) is 0 Å². The molecule has 0 radical (unpaired) electrons. The normalized spacial score (nSPS) is 26.5. The second-order valence-corrected chi connectivity index (χ2v) is 12.6. The van der Waals surface area contributed by atoms with E-state index < -0.39 is 16.0 Å². The Kier molecular flexibility index (Phi) is 5.56. The number of carboxylic acid groups (broad SMARTS) is 1. The van der Waals surface area contributed by atoms with Gasteiger partial charge < -0.3 is 10.4 Å². The van der Waals surface area contributed by atoms with Gasteiger partial charge in [-0.1, -0.05) is 30.3 Å². The number of para-hydroxylation sites is 1. The molecule has 0 saturated heterocycles. The Balaban J connectivity index is 1.20. The summed E-state index contributed by atoms with van der Waals surface area (Å²) >= 11 is 0. The first-order chi connectivity index (χ1) is 17.3. The van der Waals surface area contributed by atoms with Crippen molar-refractivity contribution >= 4 is 33.1 Å². The maximum Gasteiger partial charge on any atom is 0.337 e. The third kappa shape index (κ3) is 4.26. The molecule has 7 rings (SSSR count). The van der Waals surface area contributed by atoms with Gasteiger partial charge in [-0.05, 0) is 110 Å². The molecule has 3 aromatic rings. The van der Waals surface area contributed by atoms with Crippen molar-refractivity contribution in [3.05, 3.63) is 83.9 Å². The van der Waals surface area contributed by atoms with Crippen molar-refractivity contribution < 1.29 is 18.3 Å². The highest BCUT2D eigenvalue weighted by atomic mass is 32.2. The van der Waals surface area contributed by atoms with Crippen LogP contribution in [0.3, 0.4) is 0 Å².